The fraction of sp³-hybridized carbons (Fsp3) is 0.333. The van der Waals surface area contributed by atoms with Crippen molar-refractivity contribution < 1.29 is 0 Å². The van der Waals surface area contributed by atoms with Crippen molar-refractivity contribution >= 4 is 5.57 Å². The van der Waals surface area contributed by atoms with E-state index in [-0.39, 0.29) is 0 Å². The summed E-state index contributed by atoms with van der Waals surface area (Å²) in [6.07, 6.45) is 18.8. The van der Waals surface area contributed by atoms with Crippen LogP contribution in [0.15, 0.2) is 65.8 Å². The van der Waals surface area contributed by atoms with Gasteiger partial charge in [-0.25, -0.2) is 0 Å². The van der Waals surface area contributed by atoms with Crippen molar-refractivity contribution in [2.24, 2.45) is 0 Å². The van der Waals surface area contributed by atoms with E-state index in [0.717, 1.165) is 6.42 Å². The molecule has 0 saturated heterocycles. The van der Waals surface area contributed by atoms with Gasteiger partial charge in [-0.15, -0.1) is 0 Å². The highest BCUT2D eigenvalue weighted by atomic mass is 14.2. The predicted octanol–water partition coefficient (Wildman–Crippen LogP) is 6.02. The molecule has 2 aliphatic carbocycles. The van der Waals surface area contributed by atoms with Gasteiger partial charge < -0.3 is 0 Å². The summed E-state index contributed by atoms with van der Waals surface area (Å²) >= 11 is 0. The number of hydrogen-bond donors (Lipinski definition) is 0. The quantitative estimate of drug-likeness (QED) is 0.557. The SMILES string of the molecule is CCCCCCc1ccc(C2=CC=C3CC=CC=C32)cc1. The van der Waals surface area contributed by atoms with Crippen LogP contribution in [0.4, 0.5) is 0 Å². The second kappa shape index (κ2) is 6.76. The van der Waals surface area contributed by atoms with Gasteiger partial charge >= 0.3 is 0 Å². The number of unbranched alkanes of at least 4 members (excludes halogenated alkanes) is 3. The fourth-order valence-corrected chi connectivity index (χ4v) is 3.13. The lowest BCUT2D eigenvalue weighted by molar-refractivity contribution is 0.667. The molecule has 0 saturated carbocycles. The van der Waals surface area contributed by atoms with Crippen LogP contribution in [0.25, 0.3) is 5.57 Å². The zero-order valence-corrected chi connectivity index (χ0v) is 12.9. The monoisotopic (exact) mass is 276 g/mol. The Labute approximate surface area is 128 Å². The Morgan fingerprint density at radius 2 is 1.71 bits per heavy atom. The number of aryl methyl sites for hydroxylation is 1. The van der Waals surface area contributed by atoms with Gasteiger partial charge in [0.2, 0.25) is 0 Å². The summed E-state index contributed by atoms with van der Waals surface area (Å²) in [4.78, 5) is 0. The van der Waals surface area contributed by atoms with Crippen molar-refractivity contribution in [2.75, 3.05) is 0 Å². The molecule has 2 aliphatic rings. The second-order valence-corrected chi connectivity index (χ2v) is 5.99. The molecule has 0 amide bonds. The molecule has 0 heterocycles. The molecule has 3 rings (SSSR count). The van der Waals surface area contributed by atoms with E-state index >= 15 is 0 Å². The fourth-order valence-electron chi connectivity index (χ4n) is 3.13. The van der Waals surface area contributed by atoms with Crippen molar-refractivity contribution in [3.05, 3.63) is 76.9 Å². The van der Waals surface area contributed by atoms with Crippen LogP contribution in [0.5, 0.6) is 0 Å². The van der Waals surface area contributed by atoms with Crippen molar-refractivity contribution in [3.63, 3.8) is 0 Å². The summed E-state index contributed by atoms with van der Waals surface area (Å²) in [7, 11) is 0. The molecular formula is C21H24. The third-order valence-corrected chi connectivity index (χ3v) is 4.41. The average Bonchev–Trinajstić information content (AvgIpc) is 2.96. The molecule has 0 fully saturated rings. The van der Waals surface area contributed by atoms with E-state index in [1.165, 1.54) is 60.0 Å². The Bertz CT molecular complexity index is 606. The zero-order valence-electron chi connectivity index (χ0n) is 12.9. The van der Waals surface area contributed by atoms with Gasteiger partial charge in [0.1, 0.15) is 0 Å². The highest BCUT2D eigenvalue weighted by molar-refractivity contribution is 5.89. The zero-order chi connectivity index (χ0) is 14.5. The number of hydrogen-bond acceptors (Lipinski definition) is 0. The minimum absolute atomic E-state index is 1.07. The molecule has 0 aliphatic heterocycles. The molecule has 1 aromatic carbocycles. The van der Waals surface area contributed by atoms with Gasteiger partial charge in [-0.1, -0.05) is 80.8 Å². The third-order valence-electron chi connectivity index (χ3n) is 4.41. The summed E-state index contributed by atoms with van der Waals surface area (Å²) in [5.74, 6) is 0. The minimum Gasteiger partial charge on any atom is -0.0801 e. The average molecular weight is 276 g/mol. The molecule has 1 aromatic rings. The molecular weight excluding hydrogens is 252 g/mol. The first kappa shape index (κ1) is 14.1. The van der Waals surface area contributed by atoms with Gasteiger partial charge in [0.05, 0.1) is 0 Å². The molecule has 0 atom stereocenters. The van der Waals surface area contributed by atoms with Crippen LogP contribution in [-0.2, 0) is 6.42 Å². The van der Waals surface area contributed by atoms with Crippen molar-refractivity contribution in [3.8, 4) is 0 Å². The van der Waals surface area contributed by atoms with Crippen LogP contribution in [0.2, 0.25) is 0 Å². The van der Waals surface area contributed by atoms with Gasteiger partial charge in [-0.3, -0.25) is 0 Å². The molecule has 0 N–H and O–H groups in total. The topological polar surface area (TPSA) is 0 Å². The first-order chi connectivity index (χ1) is 10.4. The maximum atomic E-state index is 2.30. The van der Waals surface area contributed by atoms with Crippen molar-refractivity contribution in [1.82, 2.24) is 0 Å². The maximum Gasteiger partial charge on any atom is -0.00882 e. The van der Waals surface area contributed by atoms with Gasteiger partial charge in [-0.05, 0) is 47.1 Å². The van der Waals surface area contributed by atoms with Gasteiger partial charge in [-0.2, -0.15) is 0 Å². The lowest BCUT2D eigenvalue weighted by Crippen LogP contribution is -1.93. The summed E-state index contributed by atoms with van der Waals surface area (Å²) in [5, 5.41) is 0. The number of benzene rings is 1. The molecule has 0 spiro atoms. The lowest BCUT2D eigenvalue weighted by Gasteiger charge is -2.12. The Balaban J connectivity index is 1.65. The normalized spacial score (nSPS) is 16.3. The number of fused-ring (bicyclic) bond motifs is 1. The van der Waals surface area contributed by atoms with Crippen LogP contribution in [0.1, 0.15) is 50.2 Å². The molecule has 0 bridgehead atoms. The second-order valence-electron chi connectivity index (χ2n) is 5.99. The maximum absolute atomic E-state index is 2.30. The Hall–Kier alpha value is -1.82. The highest BCUT2D eigenvalue weighted by Gasteiger charge is 2.17. The van der Waals surface area contributed by atoms with E-state index < -0.39 is 0 Å². The van der Waals surface area contributed by atoms with Crippen molar-refractivity contribution in [1.29, 1.82) is 0 Å². The van der Waals surface area contributed by atoms with Gasteiger partial charge in [0.25, 0.3) is 0 Å². The Morgan fingerprint density at radius 3 is 2.52 bits per heavy atom. The molecule has 0 heteroatoms. The van der Waals surface area contributed by atoms with E-state index in [1.807, 2.05) is 0 Å². The molecule has 108 valence electrons. The van der Waals surface area contributed by atoms with Crippen LogP contribution < -0.4 is 0 Å². The summed E-state index contributed by atoms with van der Waals surface area (Å²) in [6.45, 7) is 2.27. The lowest BCUT2D eigenvalue weighted by atomic mass is 9.92. The number of allylic oxidation sites excluding steroid dienone is 8. The molecule has 21 heavy (non-hydrogen) atoms. The highest BCUT2D eigenvalue weighted by Crippen LogP contribution is 2.37. The standard InChI is InChI=1S/C21H24/c1-2-3-4-5-8-17-11-13-19(14-12-17)21-16-15-18-9-6-7-10-20(18)21/h6-7,10-16H,2-5,8-9H2,1H3. The minimum atomic E-state index is 1.07. The molecule has 0 radical (unpaired) electrons. The summed E-state index contributed by atoms with van der Waals surface area (Å²) in [5.41, 5.74) is 7.07. The Morgan fingerprint density at radius 1 is 0.857 bits per heavy atom. The largest absolute Gasteiger partial charge is 0.0801 e. The number of rotatable bonds is 6. The Kier molecular flexibility index (Phi) is 4.55. The van der Waals surface area contributed by atoms with E-state index in [4.69, 9.17) is 0 Å². The van der Waals surface area contributed by atoms with E-state index in [1.54, 1.807) is 0 Å². The van der Waals surface area contributed by atoms with E-state index in [0.29, 0.717) is 0 Å². The molecule has 0 nitrogen and oxygen atoms in total. The van der Waals surface area contributed by atoms with Crippen LogP contribution in [0.3, 0.4) is 0 Å². The molecule has 0 unspecified atom stereocenters. The van der Waals surface area contributed by atoms with Gasteiger partial charge in [0, 0.05) is 0 Å². The summed E-state index contributed by atoms with van der Waals surface area (Å²) in [6, 6.07) is 9.19. The van der Waals surface area contributed by atoms with E-state index in [9.17, 15) is 0 Å². The van der Waals surface area contributed by atoms with Crippen LogP contribution in [0, 0.1) is 0 Å². The smallest absolute Gasteiger partial charge is 0.00882 e. The molecule has 0 aromatic heterocycles. The predicted molar refractivity (Wildman–Crippen MR) is 92.2 cm³/mol. The van der Waals surface area contributed by atoms with E-state index in [2.05, 4.69) is 61.6 Å². The third kappa shape index (κ3) is 3.26. The van der Waals surface area contributed by atoms with Crippen LogP contribution in [-0.4, -0.2) is 0 Å². The first-order valence-corrected chi connectivity index (χ1v) is 8.26. The van der Waals surface area contributed by atoms with Gasteiger partial charge in [0.15, 0.2) is 0 Å². The van der Waals surface area contributed by atoms with Crippen LogP contribution >= 0.6 is 0 Å². The summed E-state index contributed by atoms with van der Waals surface area (Å²) < 4.78 is 0. The first-order valence-electron chi connectivity index (χ1n) is 8.26. The van der Waals surface area contributed by atoms with Crippen molar-refractivity contribution in [2.45, 2.75) is 45.4 Å².